The quantitative estimate of drug-likeness (QED) is 0.899. The van der Waals surface area contributed by atoms with E-state index in [2.05, 4.69) is 49.1 Å². The Balaban J connectivity index is 2.09. The van der Waals surface area contributed by atoms with E-state index in [-0.39, 0.29) is 5.41 Å². The summed E-state index contributed by atoms with van der Waals surface area (Å²) in [4.78, 5) is 6.78. The van der Waals surface area contributed by atoms with Crippen molar-refractivity contribution in [1.29, 1.82) is 0 Å². The molecule has 3 nitrogen and oxygen atoms in total. The molecule has 1 aromatic heterocycles. The van der Waals surface area contributed by atoms with Crippen LogP contribution < -0.4 is 5.32 Å². The third kappa shape index (κ3) is 3.83. The van der Waals surface area contributed by atoms with E-state index in [1.165, 1.54) is 12.8 Å². The molecule has 1 aliphatic rings. The summed E-state index contributed by atoms with van der Waals surface area (Å²) in [5, 5.41) is 4.30. The van der Waals surface area contributed by atoms with Crippen molar-refractivity contribution >= 4 is 17.4 Å². The van der Waals surface area contributed by atoms with Crippen molar-refractivity contribution in [2.45, 2.75) is 45.1 Å². The van der Waals surface area contributed by atoms with E-state index in [0.717, 1.165) is 29.5 Å². The normalized spacial score (nSPS) is 18.6. The van der Waals surface area contributed by atoms with Gasteiger partial charge in [0.25, 0.3) is 0 Å². The first-order chi connectivity index (χ1) is 8.86. The molecule has 1 aliphatic heterocycles. The summed E-state index contributed by atoms with van der Waals surface area (Å²) in [6.45, 7) is 8.82. The Kier molecular flexibility index (Phi) is 4.36. The molecule has 0 unspecified atom stereocenters. The third-order valence-corrected chi connectivity index (χ3v) is 4.04. The van der Waals surface area contributed by atoms with Crippen molar-refractivity contribution < 1.29 is 0 Å². The Morgan fingerprint density at radius 3 is 2.53 bits per heavy atom. The minimum Gasteiger partial charge on any atom is -0.367 e. The maximum absolute atomic E-state index is 6.25. The predicted octanol–water partition coefficient (Wildman–Crippen LogP) is 3.54. The first kappa shape index (κ1) is 14.6. The van der Waals surface area contributed by atoms with E-state index in [9.17, 15) is 0 Å². The van der Waals surface area contributed by atoms with Crippen LogP contribution in [0.1, 0.15) is 39.2 Å². The van der Waals surface area contributed by atoms with Crippen molar-refractivity contribution in [1.82, 2.24) is 9.88 Å². The largest absolute Gasteiger partial charge is 0.367 e. The number of hydrogen-bond donors (Lipinski definition) is 1. The Morgan fingerprint density at radius 1 is 1.32 bits per heavy atom. The smallest absolute Gasteiger partial charge is 0.126 e. The fourth-order valence-corrected chi connectivity index (χ4v) is 2.84. The molecule has 2 rings (SSSR count). The Labute approximate surface area is 121 Å². The zero-order valence-corrected chi connectivity index (χ0v) is 13.1. The lowest BCUT2D eigenvalue weighted by Gasteiger charge is -2.30. The fraction of sp³-hybridized carbons (Fsp3) is 0.667. The van der Waals surface area contributed by atoms with Crippen LogP contribution in [-0.2, 0) is 5.41 Å². The minimum atomic E-state index is 0.0449. The van der Waals surface area contributed by atoms with Gasteiger partial charge in [0.1, 0.15) is 5.82 Å². The highest BCUT2D eigenvalue weighted by Gasteiger charge is 2.20. The Bertz CT molecular complexity index is 432. The van der Waals surface area contributed by atoms with Crippen LogP contribution in [0.2, 0.25) is 5.02 Å². The molecule has 0 spiro atoms. The van der Waals surface area contributed by atoms with Gasteiger partial charge in [0.2, 0.25) is 0 Å². The monoisotopic (exact) mass is 281 g/mol. The lowest BCUT2D eigenvalue weighted by atomic mass is 9.87. The molecule has 0 saturated carbocycles. The standard InChI is InChI=1S/C15H24ClN3/c1-15(2,3)12-9-14(17-10-13(12)16)18-11-5-7-19(4)8-6-11/h9-11H,5-8H2,1-4H3,(H,17,18). The average molecular weight is 282 g/mol. The van der Waals surface area contributed by atoms with Crippen LogP contribution in [0.25, 0.3) is 0 Å². The predicted molar refractivity (Wildman–Crippen MR) is 82.1 cm³/mol. The summed E-state index contributed by atoms with van der Waals surface area (Å²) in [6, 6.07) is 2.62. The molecular weight excluding hydrogens is 258 g/mol. The zero-order chi connectivity index (χ0) is 14.0. The second-order valence-electron chi connectivity index (χ2n) is 6.52. The molecule has 0 bridgehead atoms. The van der Waals surface area contributed by atoms with Crippen molar-refractivity contribution in [3.63, 3.8) is 0 Å². The van der Waals surface area contributed by atoms with Gasteiger partial charge in [0, 0.05) is 12.2 Å². The Hall–Kier alpha value is -0.800. The lowest BCUT2D eigenvalue weighted by Crippen LogP contribution is -2.36. The van der Waals surface area contributed by atoms with E-state index in [1.54, 1.807) is 6.20 Å². The zero-order valence-electron chi connectivity index (χ0n) is 12.3. The maximum Gasteiger partial charge on any atom is 0.126 e. The molecule has 106 valence electrons. The summed E-state index contributed by atoms with van der Waals surface area (Å²) in [7, 11) is 2.18. The molecule has 19 heavy (non-hydrogen) atoms. The van der Waals surface area contributed by atoms with Crippen LogP contribution in [0.3, 0.4) is 0 Å². The van der Waals surface area contributed by atoms with Gasteiger partial charge < -0.3 is 10.2 Å². The second-order valence-corrected chi connectivity index (χ2v) is 6.93. The number of anilines is 1. The number of nitrogens with one attached hydrogen (secondary N) is 1. The summed E-state index contributed by atoms with van der Waals surface area (Å²) < 4.78 is 0. The average Bonchev–Trinajstić information content (AvgIpc) is 2.33. The third-order valence-electron chi connectivity index (χ3n) is 3.73. The molecule has 0 amide bonds. The van der Waals surface area contributed by atoms with E-state index in [4.69, 9.17) is 11.6 Å². The first-order valence-electron chi connectivity index (χ1n) is 6.97. The number of hydrogen-bond acceptors (Lipinski definition) is 3. The highest BCUT2D eigenvalue weighted by molar-refractivity contribution is 6.31. The van der Waals surface area contributed by atoms with Crippen molar-refractivity contribution in [2.24, 2.45) is 0 Å². The number of pyridine rings is 1. The molecule has 0 aliphatic carbocycles. The number of piperidine rings is 1. The van der Waals surface area contributed by atoms with Crippen molar-refractivity contribution in [2.75, 3.05) is 25.5 Å². The molecule has 2 heterocycles. The van der Waals surface area contributed by atoms with Gasteiger partial charge in [-0.15, -0.1) is 0 Å². The van der Waals surface area contributed by atoms with Crippen LogP contribution in [0.5, 0.6) is 0 Å². The van der Waals surface area contributed by atoms with Crippen molar-refractivity contribution in [3.05, 3.63) is 22.8 Å². The molecule has 1 fully saturated rings. The number of nitrogens with zero attached hydrogens (tertiary/aromatic N) is 2. The van der Waals surface area contributed by atoms with Crippen LogP contribution in [0.4, 0.5) is 5.82 Å². The highest BCUT2D eigenvalue weighted by Crippen LogP contribution is 2.30. The number of halogens is 1. The molecule has 0 radical (unpaired) electrons. The number of rotatable bonds is 2. The van der Waals surface area contributed by atoms with Gasteiger partial charge in [-0.2, -0.15) is 0 Å². The van der Waals surface area contributed by atoms with Gasteiger partial charge in [-0.1, -0.05) is 32.4 Å². The van der Waals surface area contributed by atoms with Gasteiger partial charge in [-0.05, 0) is 50.0 Å². The molecule has 0 atom stereocenters. The van der Waals surface area contributed by atoms with Crippen molar-refractivity contribution in [3.8, 4) is 0 Å². The first-order valence-corrected chi connectivity index (χ1v) is 7.35. The molecule has 4 heteroatoms. The van der Waals surface area contributed by atoms with Gasteiger partial charge >= 0.3 is 0 Å². The maximum atomic E-state index is 6.25. The molecular formula is C15H24ClN3. The lowest BCUT2D eigenvalue weighted by molar-refractivity contribution is 0.263. The number of aromatic nitrogens is 1. The van der Waals surface area contributed by atoms with E-state index < -0.39 is 0 Å². The molecule has 1 aromatic rings. The minimum absolute atomic E-state index is 0.0449. The van der Waals surface area contributed by atoms with Gasteiger partial charge in [0.15, 0.2) is 0 Å². The molecule has 0 aromatic carbocycles. The summed E-state index contributed by atoms with van der Waals surface area (Å²) in [5.74, 6) is 0.948. The summed E-state index contributed by atoms with van der Waals surface area (Å²) in [5.41, 5.74) is 1.20. The second kappa shape index (κ2) is 5.68. The fourth-order valence-electron chi connectivity index (χ4n) is 2.45. The van der Waals surface area contributed by atoms with Gasteiger partial charge in [0.05, 0.1) is 5.02 Å². The Morgan fingerprint density at radius 2 is 1.95 bits per heavy atom. The van der Waals surface area contributed by atoms with Gasteiger partial charge in [-0.3, -0.25) is 0 Å². The van der Waals surface area contributed by atoms with E-state index >= 15 is 0 Å². The number of likely N-dealkylation sites (tertiary alicyclic amines) is 1. The van der Waals surface area contributed by atoms with Crippen LogP contribution >= 0.6 is 11.6 Å². The topological polar surface area (TPSA) is 28.2 Å². The van der Waals surface area contributed by atoms with E-state index in [0.29, 0.717) is 6.04 Å². The molecule has 1 saturated heterocycles. The highest BCUT2D eigenvalue weighted by atomic mass is 35.5. The van der Waals surface area contributed by atoms with Crippen LogP contribution in [0.15, 0.2) is 12.3 Å². The van der Waals surface area contributed by atoms with Gasteiger partial charge in [-0.25, -0.2) is 4.98 Å². The molecule has 1 N–H and O–H groups in total. The van der Waals surface area contributed by atoms with Crippen LogP contribution in [-0.4, -0.2) is 36.1 Å². The van der Waals surface area contributed by atoms with Crippen LogP contribution in [0, 0.1) is 0 Å². The SMILES string of the molecule is CN1CCC(Nc2cc(C(C)(C)C)c(Cl)cn2)CC1. The van der Waals surface area contributed by atoms with E-state index in [1.807, 2.05) is 0 Å². The summed E-state index contributed by atoms with van der Waals surface area (Å²) in [6.07, 6.45) is 4.11. The summed E-state index contributed by atoms with van der Waals surface area (Å²) >= 11 is 6.25.